The zero-order valence-electron chi connectivity index (χ0n) is 8.13. The summed E-state index contributed by atoms with van der Waals surface area (Å²) in [5.74, 6) is 0. The standard InChI is InChI=1S/C10H10N4S/c1-2-6-9-8(4-1)5-3-7-14(9)10-11-12-13-15-10/h1-2,4,6H,3,5,7H2. The monoisotopic (exact) mass is 218 g/mol. The third-order valence-corrected chi connectivity index (χ3v) is 3.25. The van der Waals surface area contributed by atoms with Gasteiger partial charge in [0.2, 0.25) is 5.13 Å². The van der Waals surface area contributed by atoms with Gasteiger partial charge >= 0.3 is 0 Å². The predicted octanol–water partition coefficient (Wildman–Crippen LogP) is 2.02. The van der Waals surface area contributed by atoms with E-state index >= 15 is 0 Å². The van der Waals surface area contributed by atoms with Crippen molar-refractivity contribution in [2.75, 3.05) is 11.4 Å². The molecule has 3 rings (SSSR count). The van der Waals surface area contributed by atoms with E-state index in [1.807, 2.05) is 0 Å². The lowest BCUT2D eigenvalue weighted by Gasteiger charge is -2.28. The molecule has 1 aliphatic rings. The summed E-state index contributed by atoms with van der Waals surface area (Å²) in [6.07, 6.45) is 2.31. The molecule has 1 aliphatic heterocycles. The molecule has 2 heterocycles. The number of nitrogens with zero attached hydrogens (tertiary/aromatic N) is 4. The smallest absolute Gasteiger partial charge is 0.232 e. The molecule has 0 fully saturated rings. The maximum atomic E-state index is 4.02. The molecule has 0 bridgehead atoms. The number of rotatable bonds is 1. The highest BCUT2D eigenvalue weighted by Gasteiger charge is 2.19. The van der Waals surface area contributed by atoms with Gasteiger partial charge in [-0.3, -0.25) is 0 Å². The van der Waals surface area contributed by atoms with Crippen LogP contribution in [0.5, 0.6) is 0 Å². The molecular formula is C10H10N4S. The second kappa shape index (κ2) is 3.58. The Kier molecular flexibility index (Phi) is 2.10. The molecule has 0 saturated heterocycles. The number of hydrogen-bond donors (Lipinski definition) is 0. The molecule has 5 heteroatoms. The molecule has 2 aromatic rings. The van der Waals surface area contributed by atoms with Crippen molar-refractivity contribution in [3.63, 3.8) is 0 Å². The third-order valence-electron chi connectivity index (χ3n) is 2.63. The van der Waals surface area contributed by atoms with E-state index in [2.05, 4.69) is 44.0 Å². The number of hydrogen-bond acceptors (Lipinski definition) is 5. The van der Waals surface area contributed by atoms with Gasteiger partial charge in [0.15, 0.2) is 0 Å². The van der Waals surface area contributed by atoms with Gasteiger partial charge in [0, 0.05) is 23.8 Å². The first-order valence-electron chi connectivity index (χ1n) is 4.95. The molecule has 0 spiro atoms. The van der Waals surface area contributed by atoms with E-state index < -0.39 is 0 Å². The van der Waals surface area contributed by atoms with Crippen LogP contribution in [0.4, 0.5) is 10.8 Å². The molecular weight excluding hydrogens is 208 g/mol. The molecule has 76 valence electrons. The number of fused-ring (bicyclic) bond motifs is 1. The first-order valence-corrected chi connectivity index (χ1v) is 5.73. The molecule has 4 nitrogen and oxygen atoms in total. The number of benzene rings is 1. The minimum absolute atomic E-state index is 0.891. The second-order valence-corrected chi connectivity index (χ2v) is 4.24. The fraction of sp³-hybridized carbons (Fsp3) is 0.300. The zero-order chi connectivity index (χ0) is 10.1. The maximum Gasteiger partial charge on any atom is 0.232 e. The molecule has 0 aliphatic carbocycles. The summed E-state index contributed by atoms with van der Waals surface area (Å²) < 4.78 is 3.81. The number of aryl methyl sites for hydroxylation is 1. The fourth-order valence-electron chi connectivity index (χ4n) is 1.97. The Hall–Kier alpha value is -1.49. The van der Waals surface area contributed by atoms with Crippen LogP contribution in [0.3, 0.4) is 0 Å². The Morgan fingerprint density at radius 3 is 3.07 bits per heavy atom. The Bertz CT molecular complexity index is 454. The van der Waals surface area contributed by atoms with Crippen molar-refractivity contribution in [2.45, 2.75) is 12.8 Å². The van der Waals surface area contributed by atoms with Crippen LogP contribution < -0.4 is 4.90 Å². The van der Waals surface area contributed by atoms with Crippen LogP contribution >= 0.6 is 11.5 Å². The summed E-state index contributed by atoms with van der Waals surface area (Å²) in [6, 6.07) is 8.46. The largest absolute Gasteiger partial charge is 0.315 e. The average molecular weight is 218 g/mol. The van der Waals surface area contributed by atoms with Crippen molar-refractivity contribution in [1.82, 2.24) is 14.8 Å². The SMILES string of the molecule is c1ccc2c(c1)CCCN2c1nnns1. The van der Waals surface area contributed by atoms with Gasteiger partial charge in [-0.15, -0.1) is 0 Å². The number of anilines is 2. The molecule has 0 atom stereocenters. The highest BCUT2D eigenvalue weighted by Crippen LogP contribution is 2.32. The van der Waals surface area contributed by atoms with Crippen molar-refractivity contribution in [1.29, 1.82) is 0 Å². The first kappa shape index (κ1) is 8.79. The summed E-state index contributed by atoms with van der Waals surface area (Å²) in [5, 5.41) is 8.56. The summed E-state index contributed by atoms with van der Waals surface area (Å²) in [4.78, 5) is 2.20. The van der Waals surface area contributed by atoms with Crippen LogP contribution in [0.2, 0.25) is 0 Å². The van der Waals surface area contributed by atoms with Crippen molar-refractivity contribution >= 4 is 22.4 Å². The Labute approximate surface area is 91.7 Å². The van der Waals surface area contributed by atoms with Crippen molar-refractivity contribution in [3.8, 4) is 0 Å². The Morgan fingerprint density at radius 2 is 2.20 bits per heavy atom. The minimum atomic E-state index is 0.891. The first-order chi connectivity index (χ1) is 7.45. The quantitative estimate of drug-likeness (QED) is 0.734. The average Bonchev–Trinajstić information content (AvgIpc) is 2.82. The zero-order valence-corrected chi connectivity index (χ0v) is 8.94. The van der Waals surface area contributed by atoms with E-state index in [9.17, 15) is 0 Å². The molecule has 1 aromatic carbocycles. The van der Waals surface area contributed by atoms with E-state index in [1.54, 1.807) is 0 Å². The summed E-state index contributed by atoms with van der Waals surface area (Å²) >= 11 is 1.35. The van der Waals surface area contributed by atoms with Gasteiger partial charge in [-0.1, -0.05) is 27.8 Å². The molecule has 15 heavy (non-hydrogen) atoms. The molecule has 0 saturated carbocycles. The van der Waals surface area contributed by atoms with Gasteiger partial charge < -0.3 is 4.90 Å². The van der Waals surface area contributed by atoms with Gasteiger partial charge in [-0.2, -0.15) is 0 Å². The summed E-state index contributed by atoms with van der Waals surface area (Å²) in [7, 11) is 0. The highest BCUT2D eigenvalue weighted by molar-refractivity contribution is 7.09. The maximum absolute atomic E-state index is 4.02. The van der Waals surface area contributed by atoms with E-state index in [-0.39, 0.29) is 0 Å². The van der Waals surface area contributed by atoms with Crippen LogP contribution in [0.15, 0.2) is 24.3 Å². The van der Waals surface area contributed by atoms with E-state index in [0.29, 0.717) is 0 Å². The lowest BCUT2D eigenvalue weighted by atomic mass is 10.0. The minimum Gasteiger partial charge on any atom is -0.315 e. The van der Waals surface area contributed by atoms with Gasteiger partial charge in [0.05, 0.1) is 0 Å². The van der Waals surface area contributed by atoms with Gasteiger partial charge in [0.1, 0.15) is 0 Å². The van der Waals surface area contributed by atoms with E-state index in [1.165, 1.54) is 22.8 Å². The predicted molar refractivity (Wildman–Crippen MR) is 59.5 cm³/mol. The third kappa shape index (κ3) is 1.48. The van der Waals surface area contributed by atoms with Crippen LogP contribution in [0.1, 0.15) is 12.0 Å². The van der Waals surface area contributed by atoms with Crippen LogP contribution in [0, 0.1) is 0 Å². The van der Waals surface area contributed by atoms with Crippen molar-refractivity contribution in [2.24, 2.45) is 0 Å². The molecule has 0 amide bonds. The normalized spacial score (nSPS) is 15.1. The highest BCUT2D eigenvalue weighted by atomic mass is 32.1. The molecule has 0 unspecified atom stereocenters. The number of aromatic nitrogens is 3. The molecule has 0 radical (unpaired) electrons. The molecule has 0 N–H and O–H groups in total. The topological polar surface area (TPSA) is 41.9 Å². The van der Waals surface area contributed by atoms with Crippen LogP contribution in [-0.2, 0) is 6.42 Å². The fourth-order valence-corrected chi connectivity index (χ4v) is 2.47. The summed E-state index contributed by atoms with van der Waals surface area (Å²) in [6.45, 7) is 1.01. The second-order valence-electron chi connectivity index (χ2n) is 3.53. The van der Waals surface area contributed by atoms with E-state index in [4.69, 9.17) is 0 Å². The lowest BCUT2D eigenvalue weighted by molar-refractivity contribution is 0.759. The Morgan fingerprint density at radius 1 is 1.27 bits per heavy atom. The van der Waals surface area contributed by atoms with Gasteiger partial charge in [-0.25, -0.2) is 0 Å². The van der Waals surface area contributed by atoms with Crippen LogP contribution in [0.25, 0.3) is 0 Å². The molecule has 1 aromatic heterocycles. The van der Waals surface area contributed by atoms with Crippen molar-refractivity contribution in [3.05, 3.63) is 29.8 Å². The summed E-state index contributed by atoms with van der Waals surface area (Å²) in [5.41, 5.74) is 2.64. The van der Waals surface area contributed by atoms with Crippen molar-refractivity contribution < 1.29 is 0 Å². The lowest BCUT2D eigenvalue weighted by Crippen LogP contribution is -2.24. The Balaban J connectivity index is 2.06. The van der Waals surface area contributed by atoms with Crippen LogP contribution in [-0.4, -0.2) is 21.3 Å². The van der Waals surface area contributed by atoms with Gasteiger partial charge in [-0.05, 0) is 29.7 Å². The van der Waals surface area contributed by atoms with Gasteiger partial charge in [0.25, 0.3) is 0 Å². The number of para-hydroxylation sites is 1. The van der Waals surface area contributed by atoms with E-state index in [0.717, 1.165) is 24.5 Å².